The molecular weight excluding hydrogens is 202 g/mol. The fraction of sp³-hybridized carbons (Fsp3) is 0.231. The average molecular weight is 217 g/mol. The van der Waals surface area contributed by atoms with E-state index in [9.17, 15) is 0 Å². The van der Waals surface area contributed by atoms with E-state index in [0.717, 1.165) is 6.42 Å². The van der Waals surface area contributed by atoms with Gasteiger partial charge in [0.15, 0.2) is 0 Å². The van der Waals surface area contributed by atoms with Gasteiger partial charge in [-0.2, -0.15) is 11.3 Å². The lowest BCUT2D eigenvalue weighted by molar-refractivity contribution is 0.725. The first-order valence-electron chi connectivity index (χ1n) is 5.09. The minimum Gasteiger partial charge on any atom is -0.324 e. The van der Waals surface area contributed by atoms with E-state index in [4.69, 9.17) is 5.73 Å². The predicted octanol–water partition coefficient (Wildman–Crippen LogP) is 3.30. The van der Waals surface area contributed by atoms with Crippen molar-refractivity contribution in [1.29, 1.82) is 0 Å². The van der Waals surface area contributed by atoms with Gasteiger partial charge in [-0.3, -0.25) is 0 Å². The zero-order valence-corrected chi connectivity index (χ0v) is 9.63. The van der Waals surface area contributed by atoms with Gasteiger partial charge in [0.25, 0.3) is 0 Å². The molecule has 78 valence electrons. The molecule has 0 radical (unpaired) electrons. The molecule has 1 unspecified atom stereocenters. The van der Waals surface area contributed by atoms with Gasteiger partial charge in [-0.25, -0.2) is 0 Å². The molecular formula is C13H15NS. The van der Waals surface area contributed by atoms with E-state index < -0.39 is 0 Å². The molecule has 1 heterocycles. The summed E-state index contributed by atoms with van der Waals surface area (Å²) in [5, 5.41) is 4.20. The van der Waals surface area contributed by atoms with E-state index in [1.165, 1.54) is 16.7 Å². The van der Waals surface area contributed by atoms with Crippen LogP contribution in [0.2, 0.25) is 0 Å². The van der Waals surface area contributed by atoms with E-state index in [-0.39, 0.29) is 6.04 Å². The molecule has 0 aliphatic rings. The van der Waals surface area contributed by atoms with Crippen LogP contribution >= 0.6 is 11.3 Å². The van der Waals surface area contributed by atoms with Crippen LogP contribution in [0.3, 0.4) is 0 Å². The number of hydrogen-bond donors (Lipinski definition) is 1. The minimum atomic E-state index is 0.124. The molecule has 1 aromatic carbocycles. The molecule has 2 heteroatoms. The summed E-state index contributed by atoms with van der Waals surface area (Å²) >= 11 is 1.70. The van der Waals surface area contributed by atoms with Crippen LogP contribution in [0.1, 0.15) is 22.7 Å². The second-order valence-electron chi connectivity index (χ2n) is 3.85. The van der Waals surface area contributed by atoms with Crippen molar-refractivity contribution in [2.45, 2.75) is 19.4 Å². The Morgan fingerprint density at radius 1 is 1.20 bits per heavy atom. The topological polar surface area (TPSA) is 26.0 Å². The molecule has 2 aromatic rings. The Kier molecular flexibility index (Phi) is 3.19. The first-order chi connectivity index (χ1) is 7.25. The Morgan fingerprint density at radius 3 is 2.53 bits per heavy atom. The lowest BCUT2D eigenvalue weighted by atomic mass is 10.0. The van der Waals surface area contributed by atoms with E-state index in [1.54, 1.807) is 11.3 Å². The van der Waals surface area contributed by atoms with Gasteiger partial charge in [0, 0.05) is 6.04 Å². The van der Waals surface area contributed by atoms with Crippen molar-refractivity contribution in [3.05, 3.63) is 57.8 Å². The maximum atomic E-state index is 6.12. The Morgan fingerprint density at radius 2 is 1.93 bits per heavy atom. The number of hydrogen-bond acceptors (Lipinski definition) is 2. The van der Waals surface area contributed by atoms with Gasteiger partial charge in [-0.05, 0) is 41.3 Å². The van der Waals surface area contributed by atoms with E-state index in [0.29, 0.717) is 0 Å². The Balaban J connectivity index is 2.06. The normalized spacial score (nSPS) is 12.7. The standard InChI is InChI=1S/C13H15NS/c1-10-2-4-11(5-3-10)8-13(14)12-6-7-15-9-12/h2-7,9,13H,8,14H2,1H3. The molecule has 0 amide bonds. The SMILES string of the molecule is Cc1ccc(CC(N)c2ccsc2)cc1. The summed E-state index contributed by atoms with van der Waals surface area (Å²) in [5.41, 5.74) is 9.95. The Bertz CT molecular complexity index is 403. The molecule has 0 spiro atoms. The molecule has 1 nitrogen and oxygen atoms in total. The molecule has 0 saturated heterocycles. The summed E-state index contributed by atoms with van der Waals surface area (Å²) in [7, 11) is 0. The zero-order chi connectivity index (χ0) is 10.7. The van der Waals surface area contributed by atoms with Crippen LogP contribution in [0.15, 0.2) is 41.1 Å². The highest BCUT2D eigenvalue weighted by Crippen LogP contribution is 2.18. The van der Waals surface area contributed by atoms with Gasteiger partial charge in [-0.15, -0.1) is 0 Å². The van der Waals surface area contributed by atoms with Crippen molar-refractivity contribution in [2.24, 2.45) is 5.73 Å². The van der Waals surface area contributed by atoms with Gasteiger partial charge < -0.3 is 5.73 Å². The van der Waals surface area contributed by atoms with Crippen molar-refractivity contribution in [1.82, 2.24) is 0 Å². The molecule has 1 atom stereocenters. The summed E-state index contributed by atoms with van der Waals surface area (Å²) in [6, 6.07) is 10.8. The first kappa shape index (κ1) is 10.4. The fourth-order valence-electron chi connectivity index (χ4n) is 1.58. The smallest absolute Gasteiger partial charge is 0.0344 e. The number of thiophene rings is 1. The van der Waals surface area contributed by atoms with Gasteiger partial charge in [0.2, 0.25) is 0 Å². The largest absolute Gasteiger partial charge is 0.324 e. The van der Waals surface area contributed by atoms with Crippen molar-refractivity contribution >= 4 is 11.3 Å². The number of rotatable bonds is 3. The summed E-state index contributed by atoms with van der Waals surface area (Å²) < 4.78 is 0. The van der Waals surface area contributed by atoms with Crippen LogP contribution in [0.25, 0.3) is 0 Å². The average Bonchev–Trinajstić information content (AvgIpc) is 2.74. The molecule has 0 bridgehead atoms. The van der Waals surface area contributed by atoms with E-state index in [2.05, 4.69) is 48.0 Å². The molecule has 2 rings (SSSR count). The molecule has 2 N–H and O–H groups in total. The lowest BCUT2D eigenvalue weighted by Crippen LogP contribution is -2.12. The Labute approximate surface area is 94.6 Å². The lowest BCUT2D eigenvalue weighted by Gasteiger charge is -2.09. The fourth-order valence-corrected chi connectivity index (χ4v) is 2.31. The molecule has 15 heavy (non-hydrogen) atoms. The van der Waals surface area contributed by atoms with Crippen LogP contribution in [0.4, 0.5) is 0 Å². The summed E-state index contributed by atoms with van der Waals surface area (Å²) in [6.45, 7) is 2.10. The van der Waals surface area contributed by atoms with Crippen LogP contribution < -0.4 is 5.73 Å². The monoisotopic (exact) mass is 217 g/mol. The summed E-state index contributed by atoms with van der Waals surface area (Å²) in [5.74, 6) is 0. The highest BCUT2D eigenvalue weighted by molar-refractivity contribution is 7.07. The van der Waals surface area contributed by atoms with Crippen LogP contribution in [0.5, 0.6) is 0 Å². The van der Waals surface area contributed by atoms with Crippen LogP contribution in [-0.2, 0) is 6.42 Å². The third-order valence-corrected chi connectivity index (χ3v) is 3.25. The second kappa shape index (κ2) is 4.60. The van der Waals surface area contributed by atoms with Crippen molar-refractivity contribution in [3.63, 3.8) is 0 Å². The minimum absolute atomic E-state index is 0.124. The van der Waals surface area contributed by atoms with Crippen molar-refractivity contribution in [2.75, 3.05) is 0 Å². The summed E-state index contributed by atoms with van der Waals surface area (Å²) in [6.07, 6.45) is 0.914. The van der Waals surface area contributed by atoms with E-state index in [1.807, 2.05) is 0 Å². The summed E-state index contributed by atoms with van der Waals surface area (Å²) in [4.78, 5) is 0. The highest BCUT2D eigenvalue weighted by atomic mass is 32.1. The van der Waals surface area contributed by atoms with Crippen molar-refractivity contribution < 1.29 is 0 Å². The third kappa shape index (κ3) is 2.67. The maximum Gasteiger partial charge on any atom is 0.0344 e. The third-order valence-electron chi connectivity index (χ3n) is 2.55. The van der Waals surface area contributed by atoms with Gasteiger partial charge in [-0.1, -0.05) is 29.8 Å². The van der Waals surface area contributed by atoms with Gasteiger partial charge in [0.1, 0.15) is 0 Å². The van der Waals surface area contributed by atoms with Gasteiger partial charge >= 0.3 is 0 Å². The van der Waals surface area contributed by atoms with Crippen molar-refractivity contribution in [3.8, 4) is 0 Å². The molecule has 0 saturated carbocycles. The van der Waals surface area contributed by atoms with E-state index >= 15 is 0 Å². The number of aryl methyl sites for hydroxylation is 1. The first-order valence-corrected chi connectivity index (χ1v) is 6.03. The van der Waals surface area contributed by atoms with Gasteiger partial charge in [0.05, 0.1) is 0 Å². The maximum absolute atomic E-state index is 6.12. The zero-order valence-electron chi connectivity index (χ0n) is 8.81. The van der Waals surface area contributed by atoms with Crippen LogP contribution in [0, 0.1) is 6.92 Å². The molecule has 0 fully saturated rings. The van der Waals surface area contributed by atoms with Crippen LogP contribution in [-0.4, -0.2) is 0 Å². The number of benzene rings is 1. The number of nitrogens with two attached hydrogens (primary N) is 1. The molecule has 0 aliphatic carbocycles. The predicted molar refractivity (Wildman–Crippen MR) is 66.1 cm³/mol. The quantitative estimate of drug-likeness (QED) is 0.838. The second-order valence-corrected chi connectivity index (χ2v) is 4.63. The Hall–Kier alpha value is -1.12. The molecule has 0 aliphatic heterocycles. The molecule has 1 aromatic heterocycles. The highest BCUT2D eigenvalue weighted by Gasteiger charge is 2.06.